The zero-order chi connectivity index (χ0) is 13.3. The Morgan fingerprint density at radius 2 is 2.33 bits per heavy atom. The van der Waals surface area contributed by atoms with Gasteiger partial charge in [0.05, 0.1) is 11.3 Å². The number of nitrogens with two attached hydrogens (primary N) is 1. The van der Waals surface area contributed by atoms with Gasteiger partial charge in [0.2, 0.25) is 0 Å². The number of anilines is 2. The van der Waals surface area contributed by atoms with Crippen molar-refractivity contribution in [3.05, 3.63) is 17.8 Å². The van der Waals surface area contributed by atoms with Crippen LogP contribution in [0, 0.1) is 11.8 Å². The highest BCUT2D eigenvalue weighted by Crippen LogP contribution is 2.30. The molecule has 0 amide bonds. The zero-order valence-electron chi connectivity index (χ0n) is 10.8. The van der Waals surface area contributed by atoms with Crippen LogP contribution in [-0.2, 0) is 0 Å². The summed E-state index contributed by atoms with van der Waals surface area (Å²) in [5.74, 6) is 1.02. The average molecular weight is 249 g/mol. The normalized spacial score (nSPS) is 19.5. The summed E-state index contributed by atoms with van der Waals surface area (Å²) in [5.41, 5.74) is 6.47. The molecule has 2 heterocycles. The summed E-state index contributed by atoms with van der Waals surface area (Å²) in [6.07, 6.45) is 2.51. The molecule has 1 aromatic heterocycles. The third kappa shape index (κ3) is 2.39. The SMILES string of the molecule is CC(C)C1CCN(c2ncc(C(=O)O)cc2N)C1. The van der Waals surface area contributed by atoms with Gasteiger partial charge in [-0.1, -0.05) is 13.8 Å². The molecule has 1 unspecified atom stereocenters. The third-order valence-corrected chi connectivity index (χ3v) is 3.61. The number of hydrogen-bond acceptors (Lipinski definition) is 4. The van der Waals surface area contributed by atoms with Crippen LogP contribution in [0.15, 0.2) is 12.3 Å². The Morgan fingerprint density at radius 3 is 2.83 bits per heavy atom. The van der Waals surface area contributed by atoms with E-state index in [4.69, 9.17) is 10.8 Å². The first-order valence-corrected chi connectivity index (χ1v) is 6.22. The topological polar surface area (TPSA) is 79.5 Å². The highest BCUT2D eigenvalue weighted by molar-refractivity contribution is 5.89. The molecule has 1 aromatic rings. The van der Waals surface area contributed by atoms with Crippen molar-refractivity contribution in [3.8, 4) is 0 Å². The fourth-order valence-electron chi connectivity index (χ4n) is 2.38. The van der Waals surface area contributed by atoms with Crippen molar-refractivity contribution < 1.29 is 9.90 Å². The fraction of sp³-hybridized carbons (Fsp3) is 0.538. The highest BCUT2D eigenvalue weighted by Gasteiger charge is 2.26. The smallest absolute Gasteiger partial charge is 0.337 e. The summed E-state index contributed by atoms with van der Waals surface area (Å²) >= 11 is 0. The monoisotopic (exact) mass is 249 g/mol. The summed E-state index contributed by atoms with van der Waals surface area (Å²) in [6, 6.07) is 1.48. The molecule has 18 heavy (non-hydrogen) atoms. The van der Waals surface area contributed by atoms with E-state index in [2.05, 4.69) is 23.7 Å². The lowest BCUT2D eigenvalue weighted by molar-refractivity contribution is 0.0696. The second-order valence-corrected chi connectivity index (χ2v) is 5.18. The van der Waals surface area contributed by atoms with Crippen LogP contribution in [0.25, 0.3) is 0 Å². The van der Waals surface area contributed by atoms with Gasteiger partial charge in [-0.2, -0.15) is 0 Å². The quantitative estimate of drug-likeness (QED) is 0.854. The number of hydrogen-bond donors (Lipinski definition) is 2. The minimum absolute atomic E-state index is 0.135. The second kappa shape index (κ2) is 4.84. The van der Waals surface area contributed by atoms with E-state index in [1.165, 1.54) is 12.3 Å². The number of nitrogens with zero attached hydrogens (tertiary/aromatic N) is 2. The van der Waals surface area contributed by atoms with Crippen LogP contribution in [0.3, 0.4) is 0 Å². The van der Waals surface area contributed by atoms with E-state index in [0.29, 0.717) is 23.3 Å². The predicted molar refractivity (Wildman–Crippen MR) is 70.8 cm³/mol. The van der Waals surface area contributed by atoms with E-state index < -0.39 is 5.97 Å². The van der Waals surface area contributed by atoms with Crippen molar-refractivity contribution in [2.24, 2.45) is 11.8 Å². The van der Waals surface area contributed by atoms with E-state index >= 15 is 0 Å². The molecule has 0 saturated carbocycles. The number of nitrogen functional groups attached to an aromatic ring is 1. The van der Waals surface area contributed by atoms with E-state index in [1.807, 2.05) is 0 Å². The fourth-order valence-corrected chi connectivity index (χ4v) is 2.38. The molecule has 1 atom stereocenters. The summed E-state index contributed by atoms with van der Waals surface area (Å²) in [6.45, 7) is 6.32. The number of aromatic nitrogens is 1. The Labute approximate surface area is 107 Å². The van der Waals surface area contributed by atoms with Gasteiger partial charge in [0.1, 0.15) is 0 Å². The van der Waals surface area contributed by atoms with Crippen LogP contribution >= 0.6 is 0 Å². The Morgan fingerprint density at radius 1 is 1.61 bits per heavy atom. The number of carboxylic acids is 1. The molecule has 2 rings (SSSR count). The van der Waals surface area contributed by atoms with E-state index in [9.17, 15) is 4.79 Å². The number of pyridine rings is 1. The molecule has 1 aliphatic rings. The number of rotatable bonds is 3. The third-order valence-electron chi connectivity index (χ3n) is 3.61. The summed E-state index contributed by atoms with van der Waals surface area (Å²) in [4.78, 5) is 17.2. The molecule has 0 aliphatic carbocycles. The number of carboxylic acid groups (broad SMARTS) is 1. The lowest BCUT2D eigenvalue weighted by Gasteiger charge is -2.20. The lowest BCUT2D eigenvalue weighted by atomic mass is 9.95. The summed E-state index contributed by atoms with van der Waals surface area (Å²) in [5, 5.41) is 8.87. The van der Waals surface area contributed by atoms with Crippen LogP contribution in [-0.4, -0.2) is 29.1 Å². The standard InChI is InChI=1S/C13H19N3O2/c1-8(2)9-3-4-16(7-9)12-11(14)5-10(6-15-12)13(17)18/h5-6,8-9H,3-4,7,14H2,1-2H3,(H,17,18). The maximum atomic E-state index is 10.8. The molecule has 0 aromatic carbocycles. The molecule has 0 radical (unpaired) electrons. The van der Waals surface area contributed by atoms with Gasteiger partial charge in [-0.15, -0.1) is 0 Å². The van der Waals surface area contributed by atoms with Gasteiger partial charge in [-0.05, 0) is 24.3 Å². The minimum Gasteiger partial charge on any atom is -0.478 e. The molecular weight excluding hydrogens is 230 g/mol. The van der Waals surface area contributed by atoms with Crippen molar-refractivity contribution >= 4 is 17.5 Å². The molecule has 1 saturated heterocycles. The summed E-state index contributed by atoms with van der Waals surface area (Å²) < 4.78 is 0. The molecule has 0 spiro atoms. The maximum absolute atomic E-state index is 10.8. The molecule has 5 heteroatoms. The first kappa shape index (κ1) is 12.7. The average Bonchev–Trinajstić information content (AvgIpc) is 2.78. The highest BCUT2D eigenvalue weighted by atomic mass is 16.4. The Kier molecular flexibility index (Phi) is 3.41. The number of carbonyl (C=O) groups is 1. The lowest BCUT2D eigenvalue weighted by Crippen LogP contribution is -2.23. The Balaban J connectivity index is 2.18. The van der Waals surface area contributed by atoms with Crippen LogP contribution in [0.2, 0.25) is 0 Å². The minimum atomic E-state index is -0.998. The molecule has 5 nitrogen and oxygen atoms in total. The van der Waals surface area contributed by atoms with Crippen molar-refractivity contribution in [3.63, 3.8) is 0 Å². The molecule has 0 bridgehead atoms. The van der Waals surface area contributed by atoms with Crippen LogP contribution in [0.4, 0.5) is 11.5 Å². The van der Waals surface area contributed by atoms with Crippen molar-refractivity contribution in [2.75, 3.05) is 23.7 Å². The van der Waals surface area contributed by atoms with Crippen molar-refractivity contribution in [1.82, 2.24) is 4.98 Å². The van der Waals surface area contributed by atoms with Gasteiger partial charge in [0, 0.05) is 19.3 Å². The maximum Gasteiger partial charge on any atom is 0.337 e. The van der Waals surface area contributed by atoms with E-state index in [-0.39, 0.29) is 5.56 Å². The van der Waals surface area contributed by atoms with E-state index in [1.54, 1.807) is 0 Å². The van der Waals surface area contributed by atoms with Gasteiger partial charge in [-0.3, -0.25) is 0 Å². The molecule has 3 N–H and O–H groups in total. The van der Waals surface area contributed by atoms with Gasteiger partial charge in [0.25, 0.3) is 0 Å². The summed E-state index contributed by atoms with van der Waals surface area (Å²) in [7, 11) is 0. The first-order valence-electron chi connectivity index (χ1n) is 6.22. The van der Waals surface area contributed by atoms with E-state index in [0.717, 1.165) is 19.5 Å². The zero-order valence-corrected chi connectivity index (χ0v) is 10.8. The Hall–Kier alpha value is -1.78. The molecule has 98 valence electrons. The Bertz CT molecular complexity index is 460. The molecule has 1 aliphatic heterocycles. The van der Waals surface area contributed by atoms with Crippen LogP contribution in [0.1, 0.15) is 30.6 Å². The molecular formula is C13H19N3O2. The van der Waals surface area contributed by atoms with Crippen LogP contribution < -0.4 is 10.6 Å². The van der Waals surface area contributed by atoms with Gasteiger partial charge >= 0.3 is 5.97 Å². The molecule has 1 fully saturated rings. The number of aromatic carboxylic acids is 1. The second-order valence-electron chi connectivity index (χ2n) is 5.18. The largest absolute Gasteiger partial charge is 0.478 e. The van der Waals surface area contributed by atoms with Crippen LogP contribution in [0.5, 0.6) is 0 Å². The predicted octanol–water partition coefficient (Wildman–Crippen LogP) is 1.84. The van der Waals surface area contributed by atoms with Gasteiger partial charge in [0.15, 0.2) is 5.82 Å². The van der Waals surface area contributed by atoms with Crippen molar-refractivity contribution in [1.29, 1.82) is 0 Å². The van der Waals surface area contributed by atoms with Gasteiger partial charge < -0.3 is 15.7 Å². The first-order chi connectivity index (χ1) is 8.49. The van der Waals surface area contributed by atoms with Crippen molar-refractivity contribution in [2.45, 2.75) is 20.3 Å². The van der Waals surface area contributed by atoms with Gasteiger partial charge in [-0.25, -0.2) is 9.78 Å².